The molecule has 0 radical (unpaired) electrons. The van der Waals surface area contributed by atoms with E-state index in [4.69, 9.17) is 9.15 Å². The second kappa shape index (κ2) is 10.2. The zero-order valence-corrected chi connectivity index (χ0v) is 21.1. The van der Waals surface area contributed by atoms with Crippen LogP contribution in [0.25, 0.3) is 21.7 Å². The Labute approximate surface area is 211 Å². The van der Waals surface area contributed by atoms with E-state index in [1.54, 1.807) is 4.90 Å². The molecule has 1 aliphatic heterocycles. The van der Waals surface area contributed by atoms with Crippen molar-refractivity contribution in [3.63, 3.8) is 0 Å². The van der Waals surface area contributed by atoms with Crippen molar-refractivity contribution < 1.29 is 13.9 Å². The maximum absolute atomic E-state index is 13.9. The normalized spacial score (nSPS) is 15.3. The highest BCUT2D eigenvalue weighted by atomic mass is 16.5. The standard InChI is InChI=1S/C30H32N2O4/c1-4-31(5-2)17-10-18-32-26(21-12-9-13-22(19-21)35-6-3)25-27(33)24-16-15-20-11-7-8-14-23(20)28(24)36-29(25)30(32)34/h7-9,11-16,19,26H,4-6,10,17-18H2,1-3H3. The van der Waals surface area contributed by atoms with Crippen molar-refractivity contribution in [1.29, 1.82) is 0 Å². The van der Waals surface area contributed by atoms with Crippen molar-refractivity contribution in [3.8, 4) is 5.75 Å². The average molecular weight is 485 g/mol. The predicted octanol–water partition coefficient (Wildman–Crippen LogP) is 5.62. The molecule has 1 aliphatic rings. The molecule has 1 unspecified atom stereocenters. The summed E-state index contributed by atoms with van der Waals surface area (Å²) in [5, 5.41) is 2.30. The molecule has 1 aromatic heterocycles. The van der Waals surface area contributed by atoms with Gasteiger partial charge in [-0.05, 0) is 62.1 Å². The van der Waals surface area contributed by atoms with Crippen LogP contribution in [0.5, 0.6) is 5.75 Å². The topological polar surface area (TPSA) is 63.0 Å². The Hall–Kier alpha value is -3.64. The first-order chi connectivity index (χ1) is 17.6. The van der Waals surface area contributed by atoms with E-state index in [9.17, 15) is 9.59 Å². The lowest BCUT2D eigenvalue weighted by molar-refractivity contribution is 0.0720. The third kappa shape index (κ3) is 4.16. The van der Waals surface area contributed by atoms with E-state index in [1.165, 1.54) is 0 Å². The molecule has 4 aromatic rings. The Morgan fingerprint density at radius 1 is 0.944 bits per heavy atom. The number of ether oxygens (including phenoxy) is 1. The average Bonchev–Trinajstić information content (AvgIpc) is 3.18. The molecule has 0 fully saturated rings. The molecule has 1 atom stereocenters. The number of rotatable bonds is 9. The molecule has 186 valence electrons. The number of amides is 1. The first kappa shape index (κ1) is 24.1. The molecule has 2 heterocycles. The molecule has 5 rings (SSSR count). The summed E-state index contributed by atoms with van der Waals surface area (Å²) in [6, 6.07) is 18.7. The minimum atomic E-state index is -0.517. The molecule has 3 aromatic carbocycles. The number of fused-ring (bicyclic) bond motifs is 4. The summed E-state index contributed by atoms with van der Waals surface area (Å²) in [6.45, 7) is 10.1. The molecule has 0 bridgehead atoms. The van der Waals surface area contributed by atoms with Gasteiger partial charge in [0.05, 0.1) is 23.6 Å². The molecule has 0 aliphatic carbocycles. The van der Waals surface area contributed by atoms with Crippen molar-refractivity contribution >= 4 is 27.6 Å². The summed E-state index contributed by atoms with van der Waals surface area (Å²) in [5.74, 6) is 0.636. The molecule has 1 amide bonds. The van der Waals surface area contributed by atoms with E-state index < -0.39 is 6.04 Å². The third-order valence-electron chi connectivity index (χ3n) is 7.11. The highest BCUT2D eigenvalue weighted by Crippen LogP contribution is 2.40. The van der Waals surface area contributed by atoms with Gasteiger partial charge in [0.25, 0.3) is 5.91 Å². The van der Waals surface area contributed by atoms with Crippen molar-refractivity contribution in [2.75, 3.05) is 32.8 Å². The van der Waals surface area contributed by atoms with Gasteiger partial charge in [0, 0.05) is 11.9 Å². The van der Waals surface area contributed by atoms with Crippen LogP contribution in [-0.2, 0) is 0 Å². The van der Waals surface area contributed by atoms with Gasteiger partial charge in [0.2, 0.25) is 5.76 Å². The zero-order valence-electron chi connectivity index (χ0n) is 21.1. The molecule has 6 nitrogen and oxygen atoms in total. The van der Waals surface area contributed by atoms with Gasteiger partial charge >= 0.3 is 0 Å². The van der Waals surface area contributed by atoms with Crippen LogP contribution < -0.4 is 10.2 Å². The Morgan fingerprint density at radius 3 is 2.53 bits per heavy atom. The number of hydrogen-bond acceptors (Lipinski definition) is 5. The first-order valence-corrected chi connectivity index (χ1v) is 12.8. The van der Waals surface area contributed by atoms with Gasteiger partial charge in [-0.25, -0.2) is 0 Å². The van der Waals surface area contributed by atoms with Crippen molar-refractivity contribution in [3.05, 3.63) is 87.8 Å². The fraction of sp³-hybridized carbons (Fsp3) is 0.333. The van der Waals surface area contributed by atoms with E-state index in [0.717, 1.165) is 48.1 Å². The fourth-order valence-corrected chi connectivity index (χ4v) is 5.27. The summed E-state index contributed by atoms with van der Waals surface area (Å²) in [5.41, 5.74) is 1.59. The van der Waals surface area contributed by atoms with Gasteiger partial charge in [-0.3, -0.25) is 9.59 Å². The molecule has 0 spiro atoms. The highest BCUT2D eigenvalue weighted by Gasteiger charge is 2.42. The molecule has 0 saturated carbocycles. The van der Waals surface area contributed by atoms with Crippen molar-refractivity contribution in [1.82, 2.24) is 9.80 Å². The molecule has 0 N–H and O–H groups in total. The lowest BCUT2D eigenvalue weighted by Gasteiger charge is -2.27. The van der Waals surface area contributed by atoms with Crippen LogP contribution in [0, 0.1) is 0 Å². The third-order valence-corrected chi connectivity index (χ3v) is 7.11. The number of nitrogens with zero attached hydrogens (tertiary/aromatic N) is 2. The van der Waals surface area contributed by atoms with Gasteiger partial charge in [0.15, 0.2) is 5.43 Å². The van der Waals surface area contributed by atoms with Crippen molar-refractivity contribution in [2.45, 2.75) is 33.2 Å². The summed E-state index contributed by atoms with van der Waals surface area (Å²) in [4.78, 5) is 31.9. The minimum Gasteiger partial charge on any atom is -0.494 e. The van der Waals surface area contributed by atoms with Crippen LogP contribution in [-0.4, -0.2) is 48.5 Å². The highest BCUT2D eigenvalue weighted by molar-refractivity contribution is 6.06. The maximum atomic E-state index is 13.9. The summed E-state index contributed by atoms with van der Waals surface area (Å²) < 4.78 is 12.0. The van der Waals surface area contributed by atoms with Crippen molar-refractivity contribution in [2.24, 2.45) is 0 Å². The molecule has 6 heteroatoms. The maximum Gasteiger partial charge on any atom is 0.290 e. The van der Waals surface area contributed by atoms with E-state index >= 15 is 0 Å². The number of benzene rings is 3. The van der Waals surface area contributed by atoms with Crippen LogP contribution in [0.15, 0.2) is 69.9 Å². The van der Waals surface area contributed by atoms with Crippen LogP contribution >= 0.6 is 0 Å². The lowest BCUT2D eigenvalue weighted by Crippen LogP contribution is -2.33. The number of carbonyl (C=O) groups is 1. The fourth-order valence-electron chi connectivity index (χ4n) is 5.27. The van der Waals surface area contributed by atoms with E-state index in [-0.39, 0.29) is 17.1 Å². The number of carbonyl (C=O) groups excluding carboxylic acids is 1. The molecular formula is C30H32N2O4. The second-order valence-electron chi connectivity index (χ2n) is 9.12. The lowest BCUT2D eigenvalue weighted by atomic mass is 9.97. The summed E-state index contributed by atoms with van der Waals surface area (Å²) in [7, 11) is 0. The summed E-state index contributed by atoms with van der Waals surface area (Å²) in [6.07, 6.45) is 0.805. The smallest absolute Gasteiger partial charge is 0.290 e. The summed E-state index contributed by atoms with van der Waals surface area (Å²) >= 11 is 0. The quantitative estimate of drug-likeness (QED) is 0.289. The van der Waals surface area contributed by atoms with Gasteiger partial charge in [-0.1, -0.05) is 56.3 Å². The van der Waals surface area contributed by atoms with Crippen LogP contribution in [0.3, 0.4) is 0 Å². The monoisotopic (exact) mass is 484 g/mol. The minimum absolute atomic E-state index is 0.150. The Bertz CT molecular complexity index is 1470. The largest absolute Gasteiger partial charge is 0.494 e. The van der Waals surface area contributed by atoms with Crippen LogP contribution in [0.4, 0.5) is 0 Å². The number of hydrogen-bond donors (Lipinski definition) is 0. The van der Waals surface area contributed by atoms with Gasteiger partial charge < -0.3 is 19.0 Å². The Morgan fingerprint density at radius 2 is 1.75 bits per heavy atom. The van der Waals surface area contributed by atoms with E-state index in [2.05, 4.69) is 18.7 Å². The Balaban J connectivity index is 1.65. The van der Waals surface area contributed by atoms with Gasteiger partial charge in [0.1, 0.15) is 11.3 Å². The molecule has 0 saturated heterocycles. The molecule has 36 heavy (non-hydrogen) atoms. The first-order valence-electron chi connectivity index (χ1n) is 12.8. The van der Waals surface area contributed by atoms with Crippen LogP contribution in [0.2, 0.25) is 0 Å². The SMILES string of the molecule is CCOc1cccc(C2c3c(oc4c(ccc5ccccc54)c3=O)C(=O)N2CCCN(CC)CC)c1. The molecular weight excluding hydrogens is 452 g/mol. The Kier molecular flexibility index (Phi) is 6.79. The van der Waals surface area contributed by atoms with Gasteiger partial charge in [-0.15, -0.1) is 0 Å². The van der Waals surface area contributed by atoms with E-state index in [0.29, 0.717) is 29.7 Å². The zero-order chi connectivity index (χ0) is 25.2. The predicted molar refractivity (Wildman–Crippen MR) is 143 cm³/mol. The van der Waals surface area contributed by atoms with Gasteiger partial charge in [-0.2, -0.15) is 0 Å². The second-order valence-corrected chi connectivity index (χ2v) is 9.12. The van der Waals surface area contributed by atoms with E-state index in [1.807, 2.05) is 67.6 Å². The van der Waals surface area contributed by atoms with Crippen LogP contribution in [0.1, 0.15) is 54.9 Å².